The number of nitrogens with one attached hydrogen (secondary N) is 1. The number of urea groups is 1. The number of anilines is 1. The first kappa shape index (κ1) is 16.7. The average molecular weight is 366 g/mol. The molecule has 1 aromatic heterocycles. The van der Waals surface area contributed by atoms with Crippen LogP contribution in [0.2, 0.25) is 0 Å². The highest BCUT2D eigenvalue weighted by Crippen LogP contribution is 2.43. The number of fused-ring (bicyclic) bond motifs is 4. The summed E-state index contributed by atoms with van der Waals surface area (Å²) >= 11 is 0. The lowest BCUT2D eigenvalue weighted by Crippen LogP contribution is -2.44. The van der Waals surface area contributed by atoms with Crippen LogP contribution in [-0.2, 0) is 12.6 Å². The largest absolute Gasteiger partial charge is 0.419 e. The number of aromatic nitrogens is 2. The third kappa shape index (κ3) is 2.77. The van der Waals surface area contributed by atoms with Crippen LogP contribution in [0.15, 0.2) is 30.7 Å². The van der Waals surface area contributed by atoms with Crippen molar-refractivity contribution in [3.63, 3.8) is 0 Å². The molecule has 1 saturated heterocycles. The normalized spacial score (nSPS) is 21.5. The van der Waals surface area contributed by atoms with Crippen molar-refractivity contribution in [1.82, 2.24) is 14.9 Å². The SMILES string of the molecule is O=C(Nc1ccc(F)c(C(F)(F)F)c1)N1C2CCC1c1cncnc1C2. The summed E-state index contributed by atoms with van der Waals surface area (Å²) in [6.07, 6.45) is 0.422. The van der Waals surface area contributed by atoms with E-state index in [2.05, 4.69) is 15.3 Å². The van der Waals surface area contributed by atoms with E-state index in [0.717, 1.165) is 30.2 Å². The van der Waals surface area contributed by atoms with Gasteiger partial charge in [0.15, 0.2) is 0 Å². The van der Waals surface area contributed by atoms with Gasteiger partial charge in [-0.25, -0.2) is 19.2 Å². The van der Waals surface area contributed by atoms with Crippen molar-refractivity contribution in [3.05, 3.63) is 53.4 Å². The highest BCUT2D eigenvalue weighted by molar-refractivity contribution is 5.90. The lowest BCUT2D eigenvalue weighted by molar-refractivity contribution is -0.139. The van der Waals surface area contributed by atoms with E-state index in [1.807, 2.05) is 0 Å². The summed E-state index contributed by atoms with van der Waals surface area (Å²) in [5, 5.41) is 2.46. The van der Waals surface area contributed by atoms with Gasteiger partial charge in [0.05, 0.1) is 17.3 Å². The highest BCUT2D eigenvalue weighted by atomic mass is 19.4. The number of hydrogen-bond donors (Lipinski definition) is 1. The van der Waals surface area contributed by atoms with E-state index < -0.39 is 23.6 Å². The lowest BCUT2D eigenvalue weighted by Gasteiger charge is -2.35. The van der Waals surface area contributed by atoms with Crippen LogP contribution < -0.4 is 5.32 Å². The second-order valence-corrected chi connectivity index (χ2v) is 6.41. The number of amides is 2. The lowest BCUT2D eigenvalue weighted by atomic mass is 10.00. The van der Waals surface area contributed by atoms with E-state index >= 15 is 0 Å². The topological polar surface area (TPSA) is 58.1 Å². The van der Waals surface area contributed by atoms with E-state index in [1.54, 1.807) is 11.1 Å². The molecule has 2 unspecified atom stereocenters. The Balaban J connectivity index is 1.59. The van der Waals surface area contributed by atoms with Gasteiger partial charge in [-0.3, -0.25) is 0 Å². The molecule has 136 valence electrons. The summed E-state index contributed by atoms with van der Waals surface area (Å²) in [6, 6.07) is 1.65. The summed E-state index contributed by atoms with van der Waals surface area (Å²) in [5.74, 6) is -1.38. The number of halogens is 4. The van der Waals surface area contributed by atoms with Crippen molar-refractivity contribution in [2.75, 3.05) is 5.32 Å². The van der Waals surface area contributed by atoms with Gasteiger partial charge < -0.3 is 10.2 Å². The van der Waals surface area contributed by atoms with Crippen molar-refractivity contribution < 1.29 is 22.4 Å². The maximum absolute atomic E-state index is 13.4. The minimum atomic E-state index is -4.83. The van der Waals surface area contributed by atoms with Gasteiger partial charge in [-0.1, -0.05) is 0 Å². The molecule has 2 atom stereocenters. The summed E-state index contributed by atoms with van der Waals surface area (Å²) in [6.45, 7) is 0. The maximum atomic E-state index is 13.4. The molecule has 9 heteroatoms. The molecule has 0 radical (unpaired) electrons. The summed E-state index contributed by atoms with van der Waals surface area (Å²) in [7, 11) is 0. The van der Waals surface area contributed by atoms with E-state index in [9.17, 15) is 22.4 Å². The van der Waals surface area contributed by atoms with Gasteiger partial charge in [-0.2, -0.15) is 13.2 Å². The predicted octanol–water partition coefficient (Wildman–Crippen LogP) is 3.93. The smallest absolute Gasteiger partial charge is 0.314 e. The molecule has 2 aliphatic rings. The first-order valence-electron chi connectivity index (χ1n) is 8.09. The molecule has 2 amide bonds. The molecule has 0 saturated carbocycles. The van der Waals surface area contributed by atoms with E-state index in [-0.39, 0.29) is 17.8 Å². The molecule has 2 aliphatic heterocycles. The highest BCUT2D eigenvalue weighted by Gasteiger charge is 2.43. The van der Waals surface area contributed by atoms with Crippen molar-refractivity contribution in [1.29, 1.82) is 0 Å². The fraction of sp³-hybridized carbons (Fsp3) is 0.353. The number of carbonyl (C=O) groups excluding carboxylic acids is 1. The Morgan fingerprint density at radius 2 is 2.08 bits per heavy atom. The van der Waals surface area contributed by atoms with Gasteiger partial charge >= 0.3 is 12.2 Å². The maximum Gasteiger partial charge on any atom is 0.419 e. The van der Waals surface area contributed by atoms with Crippen LogP contribution >= 0.6 is 0 Å². The Morgan fingerprint density at radius 1 is 1.27 bits per heavy atom. The summed E-state index contributed by atoms with van der Waals surface area (Å²) in [4.78, 5) is 22.6. The van der Waals surface area contributed by atoms with Crippen LogP contribution in [0.1, 0.15) is 35.7 Å². The fourth-order valence-electron chi connectivity index (χ4n) is 3.74. The number of hydrogen-bond acceptors (Lipinski definition) is 3. The van der Waals surface area contributed by atoms with Gasteiger partial charge in [0.1, 0.15) is 12.1 Å². The zero-order valence-corrected chi connectivity index (χ0v) is 13.4. The van der Waals surface area contributed by atoms with Crippen molar-refractivity contribution >= 4 is 11.7 Å². The zero-order chi connectivity index (χ0) is 18.5. The number of alkyl halides is 3. The number of carbonyl (C=O) groups is 1. The molecule has 1 N–H and O–H groups in total. The van der Waals surface area contributed by atoms with Gasteiger partial charge in [0.2, 0.25) is 0 Å². The van der Waals surface area contributed by atoms with Gasteiger partial charge in [-0.15, -0.1) is 0 Å². The molecule has 26 heavy (non-hydrogen) atoms. The van der Waals surface area contributed by atoms with Crippen LogP contribution in [0.25, 0.3) is 0 Å². The monoisotopic (exact) mass is 366 g/mol. The Morgan fingerprint density at radius 3 is 2.85 bits per heavy atom. The fourth-order valence-corrected chi connectivity index (χ4v) is 3.74. The van der Waals surface area contributed by atoms with Gasteiger partial charge in [0.25, 0.3) is 0 Å². The van der Waals surface area contributed by atoms with Crippen LogP contribution in [0.5, 0.6) is 0 Å². The van der Waals surface area contributed by atoms with Crippen LogP contribution in [0.4, 0.5) is 28.0 Å². The predicted molar refractivity (Wildman–Crippen MR) is 83.8 cm³/mol. The van der Waals surface area contributed by atoms with Gasteiger partial charge in [-0.05, 0) is 31.0 Å². The number of nitrogens with zero attached hydrogens (tertiary/aromatic N) is 3. The van der Waals surface area contributed by atoms with Crippen LogP contribution in [0.3, 0.4) is 0 Å². The van der Waals surface area contributed by atoms with E-state index in [0.29, 0.717) is 18.6 Å². The molecule has 2 aromatic rings. The zero-order valence-electron chi connectivity index (χ0n) is 13.4. The first-order valence-corrected chi connectivity index (χ1v) is 8.09. The Bertz CT molecular complexity index is 870. The number of rotatable bonds is 1. The van der Waals surface area contributed by atoms with E-state index in [4.69, 9.17) is 0 Å². The molecule has 0 spiro atoms. The third-order valence-electron chi connectivity index (χ3n) is 4.88. The molecule has 3 heterocycles. The molecule has 1 aromatic carbocycles. The van der Waals surface area contributed by atoms with E-state index in [1.165, 1.54) is 6.33 Å². The second-order valence-electron chi connectivity index (χ2n) is 6.41. The van der Waals surface area contributed by atoms with Crippen molar-refractivity contribution in [3.8, 4) is 0 Å². The first-order chi connectivity index (χ1) is 12.3. The summed E-state index contributed by atoms with van der Waals surface area (Å²) in [5.41, 5.74) is 0.262. The van der Waals surface area contributed by atoms with Crippen LogP contribution in [-0.4, -0.2) is 26.9 Å². The molecule has 1 fully saturated rings. The molecule has 5 nitrogen and oxygen atoms in total. The Labute approximate surface area is 146 Å². The molecule has 4 rings (SSSR count). The molecular formula is C17H14F4N4O. The van der Waals surface area contributed by atoms with Crippen LogP contribution in [0, 0.1) is 5.82 Å². The quantitative estimate of drug-likeness (QED) is 0.778. The minimum Gasteiger partial charge on any atom is -0.314 e. The van der Waals surface area contributed by atoms with Crippen molar-refractivity contribution in [2.24, 2.45) is 0 Å². The summed E-state index contributed by atoms with van der Waals surface area (Å²) < 4.78 is 51.9. The van der Waals surface area contributed by atoms with Crippen molar-refractivity contribution in [2.45, 2.75) is 37.5 Å². The third-order valence-corrected chi connectivity index (χ3v) is 4.88. The minimum absolute atomic E-state index is 0.0649. The average Bonchev–Trinajstić information content (AvgIpc) is 2.91. The molecular weight excluding hydrogens is 352 g/mol. The standard InChI is InChI=1S/C17H14F4N4O/c18-13-3-1-9(5-12(13)17(19,20)21)24-16(26)25-10-2-4-15(25)11-7-22-8-23-14(11)6-10/h1,3,5,7-8,10,15H,2,4,6H2,(H,24,26). The Kier molecular flexibility index (Phi) is 3.82. The number of benzene rings is 1. The van der Waals surface area contributed by atoms with Gasteiger partial charge in [0, 0.05) is 29.9 Å². The molecule has 2 bridgehead atoms. The molecule has 0 aliphatic carbocycles. The second kappa shape index (κ2) is 5.93. The Hall–Kier alpha value is -2.71.